The molecular formula is C24H31N3O3. The van der Waals surface area contributed by atoms with Crippen LogP contribution in [0.5, 0.6) is 11.5 Å². The van der Waals surface area contributed by atoms with Gasteiger partial charge in [-0.3, -0.25) is 4.90 Å². The average molecular weight is 410 g/mol. The molecule has 2 aromatic carbocycles. The van der Waals surface area contributed by atoms with Crippen LogP contribution in [0.3, 0.4) is 0 Å². The Morgan fingerprint density at radius 1 is 1.10 bits per heavy atom. The van der Waals surface area contributed by atoms with Gasteiger partial charge in [0.2, 0.25) is 0 Å². The minimum atomic E-state index is -0.0628. The summed E-state index contributed by atoms with van der Waals surface area (Å²) in [6.07, 6.45) is 3.33. The van der Waals surface area contributed by atoms with Gasteiger partial charge in [0.15, 0.2) is 0 Å². The van der Waals surface area contributed by atoms with Gasteiger partial charge in [-0.1, -0.05) is 24.3 Å². The van der Waals surface area contributed by atoms with E-state index in [1.165, 1.54) is 17.5 Å². The average Bonchev–Trinajstić information content (AvgIpc) is 2.79. The molecule has 2 aliphatic heterocycles. The molecule has 2 aliphatic rings. The Balaban J connectivity index is 1.34. The lowest BCUT2D eigenvalue weighted by atomic mass is 9.95. The van der Waals surface area contributed by atoms with Crippen molar-refractivity contribution in [1.29, 1.82) is 0 Å². The summed E-state index contributed by atoms with van der Waals surface area (Å²) in [5.41, 5.74) is 3.59. The van der Waals surface area contributed by atoms with Crippen LogP contribution in [0, 0.1) is 5.92 Å². The molecule has 0 bridgehead atoms. The van der Waals surface area contributed by atoms with Crippen molar-refractivity contribution in [3.8, 4) is 11.5 Å². The maximum Gasteiger partial charge on any atom is 0.321 e. The molecule has 2 heterocycles. The van der Waals surface area contributed by atoms with E-state index in [1.807, 2.05) is 17.0 Å². The second kappa shape index (κ2) is 9.39. The van der Waals surface area contributed by atoms with Gasteiger partial charge in [0.25, 0.3) is 0 Å². The van der Waals surface area contributed by atoms with Crippen LogP contribution >= 0.6 is 0 Å². The number of hydrogen-bond donors (Lipinski definition) is 1. The largest absolute Gasteiger partial charge is 0.497 e. The van der Waals surface area contributed by atoms with Crippen LogP contribution in [0.2, 0.25) is 0 Å². The van der Waals surface area contributed by atoms with E-state index in [4.69, 9.17) is 9.47 Å². The van der Waals surface area contributed by atoms with E-state index in [0.29, 0.717) is 23.1 Å². The SMILES string of the molecule is COc1ccc(NC(=O)N2CCCC(CN3CCc4ccccc4C3)C2)c(OC)c1. The number of carbonyl (C=O) groups is 1. The van der Waals surface area contributed by atoms with E-state index >= 15 is 0 Å². The Hall–Kier alpha value is -2.73. The van der Waals surface area contributed by atoms with Crippen molar-refractivity contribution in [1.82, 2.24) is 9.80 Å². The van der Waals surface area contributed by atoms with E-state index in [2.05, 4.69) is 34.5 Å². The number of rotatable bonds is 5. The van der Waals surface area contributed by atoms with Crippen LogP contribution in [0.25, 0.3) is 0 Å². The number of nitrogens with zero attached hydrogens (tertiary/aromatic N) is 2. The quantitative estimate of drug-likeness (QED) is 0.811. The van der Waals surface area contributed by atoms with E-state index in [0.717, 1.165) is 45.6 Å². The van der Waals surface area contributed by atoms with Gasteiger partial charge in [-0.2, -0.15) is 0 Å². The molecule has 0 aliphatic carbocycles. The number of benzene rings is 2. The third kappa shape index (κ3) is 4.70. The summed E-state index contributed by atoms with van der Waals surface area (Å²) in [4.78, 5) is 17.4. The molecule has 1 N–H and O–H groups in total. The fourth-order valence-corrected chi connectivity index (χ4v) is 4.57. The number of piperidine rings is 1. The number of anilines is 1. The van der Waals surface area contributed by atoms with Crippen LogP contribution in [0.15, 0.2) is 42.5 Å². The Bertz CT molecular complexity index is 886. The van der Waals surface area contributed by atoms with Gasteiger partial charge in [0.1, 0.15) is 11.5 Å². The van der Waals surface area contributed by atoms with Gasteiger partial charge in [-0.05, 0) is 48.4 Å². The van der Waals surface area contributed by atoms with Gasteiger partial charge in [-0.25, -0.2) is 4.79 Å². The minimum absolute atomic E-state index is 0.0628. The normalized spacial score (nSPS) is 19.1. The topological polar surface area (TPSA) is 54.0 Å². The fourth-order valence-electron chi connectivity index (χ4n) is 4.57. The van der Waals surface area contributed by atoms with E-state index in [1.54, 1.807) is 20.3 Å². The number of nitrogens with one attached hydrogen (secondary N) is 1. The van der Waals surface area contributed by atoms with Gasteiger partial charge >= 0.3 is 6.03 Å². The van der Waals surface area contributed by atoms with Crippen molar-refractivity contribution in [2.24, 2.45) is 5.92 Å². The van der Waals surface area contributed by atoms with Crippen LogP contribution in [-0.2, 0) is 13.0 Å². The smallest absolute Gasteiger partial charge is 0.321 e. The van der Waals surface area contributed by atoms with Crippen molar-refractivity contribution in [2.45, 2.75) is 25.8 Å². The Morgan fingerprint density at radius 2 is 1.93 bits per heavy atom. The number of carbonyl (C=O) groups excluding carboxylic acids is 1. The molecule has 1 fully saturated rings. The number of ether oxygens (including phenoxy) is 2. The molecule has 0 aromatic heterocycles. The number of methoxy groups -OCH3 is 2. The molecule has 2 aromatic rings. The molecule has 30 heavy (non-hydrogen) atoms. The number of fused-ring (bicyclic) bond motifs is 1. The standard InChI is InChI=1S/C24H31N3O3/c1-29-21-9-10-22(23(14-21)30-2)25-24(28)27-12-5-6-18(16-27)15-26-13-11-19-7-3-4-8-20(19)17-26/h3-4,7-10,14,18H,5-6,11-13,15-17H2,1-2H3,(H,25,28). The van der Waals surface area contributed by atoms with E-state index in [9.17, 15) is 4.79 Å². The van der Waals surface area contributed by atoms with Crippen LogP contribution in [0.4, 0.5) is 10.5 Å². The maximum atomic E-state index is 12.9. The summed E-state index contributed by atoms with van der Waals surface area (Å²) in [6, 6.07) is 14.1. The first-order valence-electron chi connectivity index (χ1n) is 10.7. The summed E-state index contributed by atoms with van der Waals surface area (Å²) in [6.45, 7) is 4.75. The molecule has 0 spiro atoms. The summed E-state index contributed by atoms with van der Waals surface area (Å²) < 4.78 is 10.6. The van der Waals surface area contributed by atoms with Crippen molar-refractivity contribution in [3.63, 3.8) is 0 Å². The van der Waals surface area contributed by atoms with Crippen molar-refractivity contribution in [2.75, 3.05) is 45.7 Å². The first-order valence-corrected chi connectivity index (χ1v) is 10.7. The monoisotopic (exact) mass is 409 g/mol. The molecular weight excluding hydrogens is 378 g/mol. The minimum Gasteiger partial charge on any atom is -0.497 e. The Morgan fingerprint density at radius 3 is 2.73 bits per heavy atom. The summed E-state index contributed by atoms with van der Waals surface area (Å²) >= 11 is 0. The second-order valence-corrected chi connectivity index (χ2v) is 8.20. The highest BCUT2D eigenvalue weighted by Crippen LogP contribution is 2.30. The highest BCUT2D eigenvalue weighted by Gasteiger charge is 2.27. The maximum absolute atomic E-state index is 12.9. The molecule has 160 valence electrons. The van der Waals surface area contributed by atoms with Gasteiger partial charge in [-0.15, -0.1) is 0 Å². The number of likely N-dealkylation sites (tertiary alicyclic amines) is 1. The number of hydrogen-bond acceptors (Lipinski definition) is 4. The molecule has 1 saturated heterocycles. The summed E-state index contributed by atoms with van der Waals surface area (Å²) in [5.74, 6) is 1.81. The lowest BCUT2D eigenvalue weighted by molar-refractivity contribution is 0.140. The van der Waals surface area contributed by atoms with Crippen molar-refractivity contribution < 1.29 is 14.3 Å². The predicted molar refractivity (Wildman–Crippen MR) is 118 cm³/mol. The molecule has 1 unspecified atom stereocenters. The number of urea groups is 1. The van der Waals surface area contributed by atoms with Crippen LogP contribution in [-0.4, -0.2) is 56.2 Å². The second-order valence-electron chi connectivity index (χ2n) is 8.20. The third-order valence-electron chi connectivity index (χ3n) is 6.18. The van der Waals surface area contributed by atoms with Crippen molar-refractivity contribution >= 4 is 11.7 Å². The number of amides is 2. The highest BCUT2D eigenvalue weighted by molar-refractivity contribution is 5.91. The first-order chi connectivity index (χ1) is 14.7. The third-order valence-corrected chi connectivity index (χ3v) is 6.18. The van der Waals surface area contributed by atoms with E-state index < -0.39 is 0 Å². The Kier molecular flexibility index (Phi) is 6.43. The zero-order valence-electron chi connectivity index (χ0n) is 17.9. The molecule has 6 heteroatoms. The summed E-state index contributed by atoms with van der Waals surface area (Å²) in [5, 5.41) is 3.01. The van der Waals surface area contributed by atoms with Gasteiger partial charge in [0.05, 0.1) is 19.9 Å². The van der Waals surface area contributed by atoms with Crippen LogP contribution in [0.1, 0.15) is 24.0 Å². The summed E-state index contributed by atoms with van der Waals surface area (Å²) in [7, 11) is 3.21. The zero-order valence-corrected chi connectivity index (χ0v) is 17.9. The molecule has 6 nitrogen and oxygen atoms in total. The lowest BCUT2D eigenvalue weighted by Crippen LogP contribution is -2.46. The first kappa shape index (κ1) is 20.5. The predicted octanol–water partition coefficient (Wildman–Crippen LogP) is 4.01. The van der Waals surface area contributed by atoms with Gasteiger partial charge < -0.3 is 19.7 Å². The van der Waals surface area contributed by atoms with Crippen LogP contribution < -0.4 is 14.8 Å². The fraction of sp³-hybridized carbons (Fsp3) is 0.458. The molecule has 2 amide bonds. The lowest BCUT2D eigenvalue weighted by Gasteiger charge is -2.37. The molecule has 4 rings (SSSR count). The van der Waals surface area contributed by atoms with Gasteiger partial charge in [0, 0.05) is 38.8 Å². The molecule has 0 radical (unpaired) electrons. The molecule has 1 atom stereocenters. The zero-order chi connectivity index (χ0) is 20.9. The van der Waals surface area contributed by atoms with Crippen molar-refractivity contribution in [3.05, 3.63) is 53.6 Å². The highest BCUT2D eigenvalue weighted by atomic mass is 16.5. The Labute approximate surface area is 178 Å². The van der Waals surface area contributed by atoms with E-state index in [-0.39, 0.29) is 6.03 Å². The molecule has 0 saturated carbocycles.